The molecule has 28 heavy (non-hydrogen) atoms. The second kappa shape index (κ2) is 6.39. The number of carbonyl (C=O) groups excluding carboxylic acids is 1. The largest absolute Gasteiger partial charge is 0.338 e. The van der Waals surface area contributed by atoms with Crippen LogP contribution in [0.3, 0.4) is 0 Å². The lowest BCUT2D eigenvalue weighted by Gasteiger charge is -2.32. The monoisotopic (exact) mass is 397 g/mol. The maximum absolute atomic E-state index is 13.4. The first-order valence-corrected chi connectivity index (χ1v) is 11.2. The average molecular weight is 398 g/mol. The van der Waals surface area contributed by atoms with Crippen LogP contribution >= 0.6 is 0 Å². The van der Waals surface area contributed by atoms with E-state index >= 15 is 0 Å². The average Bonchev–Trinajstić information content (AvgIpc) is 3.38. The molecule has 3 fully saturated rings. The van der Waals surface area contributed by atoms with Crippen LogP contribution in [0, 0.1) is 5.41 Å². The molecule has 1 amide bonds. The van der Waals surface area contributed by atoms with Crippen LogP contribution in [0.5, 0.6) is 0 Å². The first-order chi connectivity index (χ1) is 13.5. The van der Waals surface area contributed by atoms with E-state index in [-0.39, 0.29) is 18.0 Å². The first-order valence-electron chi connectivity index (χ1n) is 9.79. The maximum Gasteiger partial charge on any atom is 0.243 e. The summed E-state index contributed by atoms with van der Waals surface area (Å²) in [7, 11) is -3.58. The van der Waals surface area contributed by atoms with Crippen LogP contribution in [0.15, 0.2) is 59.8 Å². The third-order valence-electron chi connectivity index (χ3n) is 6.66. The molecule has 0 saturated carbocycles. The first kappa shape index (κ1) is 17.8. The minimum atomic E-state index is -3.58. The summed E-state index contributed by atoms with van der Waals surface area (Å²) in [4.78, 5) is 19.7. The smallest absolute Gasteiger partial charge is 0.243 e. The summed E-state index contributed by atoms with van der Waals surface area (Å²) in [5, 5.41) is 0. The van der Waals surface area contributed by atoms with Gasteiger partial charge in [-0.25, -0.2) is 8.42 Å². The highest BCUT2D eigenvalue weighted by atomic mass is 32.2. The predicted molar refractivity (Wildman–Crippen MR) is 104 cm³/mol. The lowest BCUT2D eigenvalue weighted by Crippen LogP contribution is -2.45. The van der Waals surface area contributed by atoms with Crippen molar-refractivity contribution < 1.29 is 13.2 Å². The van der Waals surface area contributed by atoms with Crippen LogP contribution in [0.4, 0.5) is 0 Å². The molecule has 2 bridgehead atoms. The number of sulfonamides is 1. The Kier molecular flexibility index (Phi) is 4.07. The Labute approximate surface area is 165 Å². The fraction of sp³-hybridized carbons (Fsp3) is 0.429. The zero-order valence-corrected chi connectivity index (χ0v) is 16.4. The fourth-order valence-corrected chi connectivity index (χ4v) is 7.38. The highest BCUT2D eigenvalue weighted by molar-refractivity contribution is 7.89. The number of benzene rings is 1. The molecule has 3 unspecified atom stereocenters. The summed E-state index contributed by atoms with van der Waals surface area (Å²) < 4.78 is 28.3. The number of pyridine rings is 1. The number of aromatic nitrogens is 1. The Morgan fingerprint density at radius 3 is 2.57 bits per heavy atom. The number of amides is 1. The summed E-state index contributed by atoms with van der Waals surface area (Å²) in [6.07, 6.45) is 6.46. The van der Waals surface area contributed by atoms with E-state index in [2.05, 4.69) is 4.98 Å². The van der Waals surface area contributed by atoms with E-state index in [4.69, 9.17) is 0 Å². The second-order valence-electron chi connectivity index (χ2n) is 8.09. The van der Waals surface area contributed by atoms with Crippen molar-refractivity contribution in [3.63, 3.8) is 0 Å². The Morgan fingerprint density at radius 2 is 1.82 bits per heavy atom. The molecule has 0 radical (unpaired) electrons. The quantitative estimate of drug-likeness (QED) is 0.794. The molecule has 3 aliphatic heterocycles. The fourth-order valence-electron chi connectivity index (χ4n) is 5.42. The van der Waals surface area contributed by atoms with Gasteiger partial charge in [-0.15, -0.1) is 0 Å². The van der Waals surface area contributed by atoms with Gasteiger partial charge in [0.2, 0.25) is 15.9 Å². The lowest BCUT2D eigenvalue weighted by molar-refractivity contribution is -0.137. The summed E-state index contributed by atoms with van der Waals surface area (Å²) in [5.41, 5.74) is 0.495. The van der Waals surface area contributed by atoms with Gasteiger partial charge in [-0.3, -0.25) is 9.78 Å². The van der Waals surface area contributed by atoms with E-state index in [1.807, 2.05) is 23.1 Å². The zero-order valence-electron chi connectivity index (χ0n) is 15.6. The van der Waals surface area contributed by atoms with E-state index in [1.165, 1.54) is 0 Å². The van der Waals surface area contributed by atoms with Gasteiger partial charge in [0.25, 0.3) is 0 Å². The van der Waals surface area contributed by atoms with Crippen LogP contribution in [-0.2, 0) is 21.4 Å². The number of carbonyl (C=O) groups is 1. The van der Waals surface area contributed by atoms with Gasteiger partial charge in [0, 0.05) is 37.6 Å². The normalized spacial score (nSPS) is 29.9. The summed E-state index contributed by atoms with van der Waals surface area (Å²) in [6.45, 7) is 1.25. The number of nitrogens with zero attached hydrogens (tertiary/aromatic N) is 3. The van der Waals surface area contributed by atoms with Gasteiger partial charge in [-0.05, 0) is 55.5 Å². The molecule has 7 heteroatoms. The molecule has 1 spiro atoms. The van der Waals surface area contributed by atoms with Gasteiger partial charge in [-0.2, -0.15) is 4.31 Å². The molecule has 1 aromatic carbocycles. The molecule has 0 aliphatic carbocycles. The predicted octanol–water partition coefficient (Wildman–Crippen LogP) is 2.43. The number of hydrogen-bond acceptors (Lipinski definition) is 4. The van der Waals surface area contributed by atoms with Gasteiger partial charge in [0.1, 0.15) is 0 Å². The molecular formula is C21H23N3O3S. The van der Waals surface area contributed by atoms with Gasteiger partial charge in [0.15, 0.2) is 0 Å². The standard InChI is InChI=1S/C21H23N3O3S/c25-20-21(10-13-23(20)15-16-8-11-22-12-9-16)14-17-6-7-19(21)24(17)28(26,27)18-4-2-1-3-5-18/h1-5,8-9,11-12,17,19H,6-7,10,13-15H2. The zero-order chi connectivity index (χ0) is 19.4. The molecule has 3 saturated heterocycles. The Bertz CT molecular complexity index is 996. The van der Waals surface area contributed by atoms with Crippen molar-refractivity contribution in [3.05, 3.63) is 60.4 Å². The SMILES string of the molecule is O=C1N(Cc2ccncc2)CCC12CC1CCC2N1S(=O)(=O)c1ccccc1. The van der Waals surface area contributed by atoms with E-state index in [0.29, 0.717) is 24.4 Å². The summed E-state index contributed by atoms with van der Waals surface area (Å²) in [6, 6.07) is 12.2. The molecule has 1 aromatic heterocycles. The van der Waals surface area contributed by atoms with Crippen molar-refractivity contribution in [1.29, 1.82) is 0 Å². The number of fused-ring (bicyclic) bond motifs is 3. The van der Waals surface area contributed by atoms with Crippen LogP contribution in [0.2, 0.25) is 0 Å². The van der Waals surface area contributed by atoms with Crippen LogP contribution in [-0.4, -0.2) is 47.1 Å². The molecule has 146 valence electrons. The molecule has 2 aromatic rings. The van der Waals surface area contributed by atoms with E-state index in [1.54, 1.807) is 41.0 Å². The highest BCUT2D eigenvalue weighted by Gasteiger charge is 2.65. The molecule has 0 N–H and O–H groups in total. The minimum absolute atomic E-state index is 0.0694. The summed E-state index contributed by atoms with van der Waals surface area (Å²) in [5.74, 6) is 0.116. The van der Waals surface area contributed by atoms with Crippen molar-refractivity contribution in [3.8, 4) is 0 Å². The topological polar surface area (TPSA) is 70.6 Å². The van der Waals surface area contributed by atoms with E-state index in [0.717, 1.165) is 24.8 Å². The molecular weight excluding hydrogens is 374 g/mol. The third-order valence-corrected chi connectivity index (χ3v) is 8.64. The number of likely N-dealkylation sites (tertiary alicyclic amines) is 1. The molecule has 4 heterocycles. The molecule has 5 rings (SSSR count). The van der Waals surface area contributed by atoms with Gasteiger partial charge < -0.3 is 4.90 Å². The Balaban J connectivity index is 1.43. The Hall–Kier alpha value is -2.25. The van der Waals surface area contributed by atoms with Crippen molar-refractivity contribution in [1.82, 2.24) is 14.2 Å². The van der Waals surface area contributed by atoms with Crippen LogP contribution in [0.1, 0.15) is 31.2 Å². The van der Waals surface area contributed by atoms with Crippen LogP contribution in [0.25, 0.3) is 0 Å². The van der Waals surface area contributed by atoms with Gasteiger partial charge >= 0.3 is 0 Å². The van der Waals surface area contributed by atoms with Crippen molar-refractivity contribution in [2.45, 2.75) is 49.2 Å². The maximum atomic E-state index is 13.4. The second-order valence-corrected chi connectivity index (χ2v) is 9.93. The summed E-state index contributed by atoms with van der Waals surface area (Å²) >= 11 is 0. The minimum Gasteiger partial charge on any atom is -0.338 e. The van der Waals surface area contributed by atoms with Crippen molar-refractivity contribution in [2.24, 2.45) is 5.41 Å². The third kappa shape index (κ3) is 2.53. The lowest BCUT2D eigenvalue weighted by atomic mass is 9.72. The van der Waals surface area contributed by atoms with Gasteiger partial charge in [-0.1, -0.05) is 18.2 Å². The van der Waals surface area contributed by atoms with Crippen LogP contribution < -0.4 is 0 Å². The van der Waals surface area contributed by atoms with E-state index in [9.17, 15) is 13.2 Å². The molecule has 3 aliphatic rings. The van der Waals surface area contributed by atoms with Gasteiger partial charge in [0.05, 0.1) is 10.3 Å². The van der Waals surface area contributed by atoms with Crippen molar-refractivity contribution >= 4 is 15.9 Å². The molecule has 6 nitrogen and oxygen atoms in total. The van der Waals surface area contributed by atoms with Crippen molar-refractivity contribution in [2.75, 3.05) is 6.54 Å². The highest BCUT2D eigenvalue weighted by Crippen LogP contribution is 2.56. The molecule has 3 atom stereocenters. The number of rotatable bonds is 4. The number of hydrogen-bond donors (Lipinski definition) is 0. The Morgan fingerprint density at radius 1 is 1.07 bits per heavy atom. The van der Waals surface area contributed by atoms with E-state index < -0.39 is 15.4 Å².